The number of nitrogens with zero attached hydrogens (tertiary/aromatic N) is 1. The third-order valence-electron chi connectivity index (χ3n) is 3.54. The Hall–Kier alpha value is -1.59. The zero-order valence-electron chi connectivity index (χ0n) is 13.8. The second kappa shape index (κ2) is 7.11. The Balaban J connectivity index is 1.93. The molecule has 2 rings (SSSR count). The van der Waals surface area contributed by atoms with Crippen LogP contribution in [0, 0.1) is 6.92 Å². The van der Waals surface area contributed by atoms with E-state index in [-0.39, 0.29) is 24.2 Å². The van der Waals surface area contributed by atoms with E-state index >= 15 is 0 Å². The number of rotatable bonds is 5. The van der Waals surface area contributed by atoms with E-state index in [0.29, 0.717) is 25.4 Å². The maximum Gasteiger partial charge on any atom is 0.260 e. The molecule has 1 heterocycles. The molecule has 0 aliphatic carbocycles. The summed E-state index contributed by atoms with van der Waals surface area (Å²) in [7, 11) is 1.64. The first-order chi connectivity index (χ1) is 10.4. The Kier molecular flexibility index (Phi) is 5.42. The lowest BCUT2D eigenvalue weighted by molar-refractivity contribution is -0.170. The number of ether oxygens (including phenoxy) is 3. The zero-order chi connectivity index (χ0) is 16.2. The molecule has 1 aliphatic heterocycles. The average Bonchev–Trinajstić information content (AvgIpc) is 2.43. The molecule has 22 heavy (non-hydrogen) atoms. The second-order valence-corrected chi connectivity index (χ2v) is 6.33. The molecule has 0 unspecified atom stereocenters. The highest BCUT2D eigenvalue weighted by atomic mass is 16.5. The van der Waals surface area contributed by atoms with Crippen LogP contribution in [0.5, 0.6) is 5.75 Å². The van der Waals surface area contributed by atoms with Crippen molar-refractivity contribution >= 4 is 5.91 Å². The fourth-order valence-corrected chi connectivity index (χ4v) is 2.70. The van der Waals surface area contributed by atoms with E-state index in [9.17, 15) is 4.79 Å². The van der Waals surface area contributed by atoms with Gasteiger partial charge in [0.1, 0.15) is 5.75 Å². The van der Waals surface area contributed by atoms with Crippen LogP contribution in [0.3, 0.4) is 0 Å². The molecule has 5 heteroatoms. The van der Waals surface area contributed by atoms with Crippen molar-refractivity contribution in [1.82, 2.24) is 4.90 Å². The van der Waals surface area contributed by atoms with Crippen molar-refractivity contribution in [1.29, 1.82) is 0 Å². The topological polar surface area (TPSA) is 48.0 Å². The molecule has 1 aliphatic rings. The molecule has 0 saturated carbocycles. The molecule has 1 amide bonds. The van der Waals surface area contributed by atoms with Gasteiger partial charge in [-0.05, 0) is 38.5 Å². The van der Waals surface area contributed by atoms with Gasteiger partial charge in [0, 0.05) is 20.2 Å². The summed E-state index contributed by atoms with van der Waals surface area (Å²) in [6, 6.07) is 7.69. The summed E-state index contributed by atoms with van der Waals surface area (Å²) in [5, 5.41) is 0. The van der Waals surface area contributed by atoms with E-state index < -0.39 is 0 Å². The van der Waals surface area contributed by atoms with E-state index in [2.05, 4.69) is 0 Å². The van der Waals surface area contributed by atoms with Crippen LogP contribution in [0.15, 0.2) is 24.3 Å². The van der Waals surface area contributed by atoms with Crippen LogP contribution in [0.4, 0.5) is 0 Å². The Morgan fingerprint density at radius 1 is 1.45 bits per heavy atom. The van der Waals surface area contributed by atoms with Crippen molar-refractivity contribution in [2.24, 2.45) is 0 Å². The van der Waals surface area contributed by atoms with Crippen LogP contribution in [0.2, 0.25) is 0 Å². The van der Waals surface area contributed by atoms with Crippen molar-refractivity contribution in [2.45, 2.75) is 32.5 Å². The fraction of sp³-hybridized carbons (Fsp3) is 0.588. The molecule has 1 aromatic carbocycles. The first-order valence-electron chi connectivity index (χ1n) is 7.53. The molecular weight excluding hydrogens is 282 g/mol. The predicted molar refractivity (Wildman–Crippen MR) is 84.1 cm³/mol. The lowest BCUT2D eigenvalue weighted by Crippen LogP contribution is -2.56. The zero-order valence-corrected chi connectivity index (χ0v) is 13.8. The number of benzene rings is 1. The van der Waals surface area contributed by atoms with Gasteiger partial charge < -0.3 is 19.1 Å². The van der Waals surface area contributed by atoms with Gasteiger partial charge >= 0.3 is 0 Å². The molecule has 0 aromatic heterocycles. The maximum absolute atomic E-state index is 12.4. The van der Waals surface area contributed by atoms with Gasteiger partial charge in [0.15, 0.2) is 6.61 Å². The van der Waals surface area contributed by atoms with Crippen LogP contribution in [0.1, 0.15) is 19.4 Å². The SMILES string of the molecule is COC[C@@H]1CN(C(=O)COc2cccc(C)c2)CC(C)(C)O1. The summed E-state index contributed by atoms with van der Waals surface area (Å²) >= 11 is 0. The summed E-state index contributed by atoms with van der Waals surface area (Å²) in [5.74, 6) is 0.688. The van der Waals surface area contributed by atoms with Crippen LogP contribution < -0.4 is 4.74 Å². The third kappa shape index (κ3) is 4.71. The van der Waals surface area contributed by atoms with E-state index in [1.807, 2.05) is 45.0 Å². The van der Waals surface area contributed by atoms with Gasteiger partial charge in [-0.1, -0.05) is 12.1 Å². The highest BCUT2D eigenvalue weighted by Crippen LogP contribution is 2.21. The standard InChI is InChI=1S/C17H25NO4/c1-13-6-5-7-14(8-13)21-11-16(19)18-9-15(10-20-4)22-17(2,3)12-18/h5-8,15H,9-12H2,1-4H3/t15-/m0/s1. The molecule has 0 radical (unpaired) electrons. The smallest absolute Gasteiger partial charge is 0.260 e. The van der Waals surface area contributed by atoms with Gasteiger partial charge in [0.25, 0.3) is 5.91 Å². The van der Waals surface area contributed by atoms with Gasteiger partial charge in [-0.2, -0.15) is 0 Å². The van der Waals surface area contributed by atoms with E-state index in [1.165, 1.54) is 0 Å². The molecule has 1 saturated heterocycles. The van der Waals surface area contributed by atoms with Crippen LogP contribution in [-0.2, 0) is 14.3 Å². The number of carbonyl (C=O) groups is 1. The summed E-state index contributed by atoms with van der Waals surface area (Å²) in [4.78, 5) is 14.2. The second-order valence-electron chi connectivity index (χ2n) is 6.33. The molecule has 0 N–H and O–H groups in total. The van der Waals surface area contributed by atoms with Crippen molar-refractivity contribution in [2.75, 3.05) is 33.4 Å². The van der Waals surface area contributed by atoms with Gasteiger partial charge in [-0.25, -0.2) is 0 Å². The van der Waals surface area contributed by atoms with Crippen LogP contribution in [-0.4, -0.2) is 55.9 Å². The van der Waals surface area contributed by atoms with E-state index in [4.69, 9.17) is 14.2 Å². The summed E-state index contributed by atoms with van der Waals surface area (Å²) in [5.41, 5.74) is 0.734. The molecule has 1 fully saturated rings. The van der Waals surface area contributed by atoms with Gasteiger partial charge in [0.2, 0.25) is 0 Å². The first kappa shape index (κ1) is 16.8. The molecule has 0 bridgehead atoms. The van der Waals surface area contributed by atoms with Crippen LogP contribution >= 0.6 is 0 Å². The number of methoxy groups -OCH3 is 1. The minimum atomic E-state index is -0.375. The normalized spacial score (nSPS) is 20.7. The number of carbonyl (C=O) groups excluding carboxylic acids is 1. The Morgan fingerprint density at radius 3 is 2.91 bits per heavy atom. The summed E-state index contributed by atoms with van der Waals surface area (Å²) < 4.78 is 16.7. The molecular formula is C17H25NO4. The van der Waals surface area contributed by atoms with Crippen molar-refractivity contribution in [3.8, 4) is 5.75 Å². The average molecular weight is 307 g/mol. The van der Waals surface area contributed by atoms with Crippen molar-refractivity contribution < 1.29 is 19.0 Å². The molecule has 1 aromatic rings. The largest absolute Gasteiger partial charge is 0.484 e. The maximum atomic E-state index is 12.4. The first-order valence-corrected chi connectivity index (χ1v) is 7.53. The lowest BCUT2D eigenvalue weighted by Gasteiger charge is -2.42. The lowest BCUT2D eigenvalue weighted by atomic mass is 10.1. The minimum Gasteiger partial charge on any atom is -0.484 e. The van der Waals surface area contributed by atoms with Gasteiger partial charge in [-0.3, -0.25) is 4.79 Å². The summed E-state index contributed by atoms with van der Waals surface area (Å²) in [6.45, 7) is 7.57. The van der Waals surface area contributed by atoms with Gasteiger partial charge in [0.05, 0.1) is 18.3 Å². The third-order valence-corrected chi connectivity index (χ3v) is 3.54. The van der Waals surface area contributed by atoms with E-state index in [0.717, 1.165) is 5.56 Å². The van der Waals surface area contributed by atoms with Crippen molar-refractivity contribution in [3.05, 3.63) is 29.8 Å². The number of amides is 1. The Morgan fingerprint density at radius 2 is 2.23 bits per heavy atom. The Labute approximate surface area is 132 Å². The molecule has 0 spiro atoms. The van der Waals surface area contributed by atoms with E-state index in [1.54, 1.807) is 12.0 Å². The fourth-order valence-electron chi connectivity index (χ4n) is 2.70. The van der Waals surface area contributed by atoms with Gasteiger partial charge in [-0.15, -0.1) is 0 Å². The number of hydrogen-bond donors (Lipinski definition) is 0. The number of aryl methyl sites for hydroxylation is 1. The molecule has 1 atom stereocenters. The quantitative estimate of drug-likeness (QED) is 0.835. The Bertz CT molecular complexity index is 515. The molecule has 122 valence electrons. The van der Waals surface area contributed by atoms with Crippen molar-refractivity contribution in [3.63, 3.8) is 0 Å². The summed E-state index contributed by atoms with van der Waals surface area (Å²) in [6.07, 6.45) is -0.100. The molecule has 5 nitrogen and oxygen atoms in total. The predicted octanol–water partition coefficient (Wildman–Crippen LogP) is 2.03. The van der Waals surface area contributed by atoms with Crippen LogP contribution in [0.25, 0.3) is 0 Å². The monoisotopic (exact) mass is 307 g/mol. The number of hydrogen-bond acceptors (Lipinski definition) is 4. The number of morpholine rings is 1. The highest BCUT2D eigenvalue weighted by molar-refractivity contribution is 5.78. The highest BCUT2D eigenvalue weighted by Gasteiger charge is 2.35. The minimum absolute atomic E-state index is 0.0287.